The summed E-state index contributed by atoms with van der Waals surface area (Å²) in [5, 5.41) is 0. The molecule has 0 N–H and O–H groups in total. The second-order valence-corrected chi connectivity index (χ2v) is 8.97. The number of benzene rings is 2. The third-order valence-corrected chi connectivity index (χ3v) is 6.66. The van der Waals surface area contributed by atoms with Gasteiger partial charge in [-0.25, -0.2) is 8.42 Å². The maximum absolute atomic E-state index is 12.7. The quantitative estimate of drug-likeness (QED) is 0.801. The molecule has 2 aromatic rings. The van der Waals surface area contributed by atoms with E-state index in [4.69, 9.17) is 9.47 Å². The van der Waals surface area contributed by atoms with Gasteiger partial charge in [-0.05, 0) is 24.3 Å². The van der Waals surface area contributed by atoms with Crippen molar-refractivity contribution in [1.82, 2.24) is 0 Å². The van der Waals surface area contributed by atoms with Crippen molar-refractivity contribution < 1.29 is 27.5 Å². The zero-order valence-electron chi connectivity index (χ0n) is 14.5. The highest BCUT2D eigenvalue weighted by atomic mass is 32.2. The van der Waals surface area contributed by atoms with E-state index in [1.54, 1.807) is 48.5 Å². The number of ether oxygens (including phenoxy) is 2. The van der Waals surface area contributed by atoms with Crippen LogP contribution in [0.3, 0.4) is 0 Å². The van der Waals surface area contributed by atoms with Gasteiger partial charge in [0.15, 0.2) is 21.4 Å². The highest BCUT2D eigenvalue weighted by Gasteiger charge is 2.36. The van der Waals surface area contributed by atoms with Crippen LogP contribution in [-0.2, 0) is 9.84 Å². The molecule has 2 atom stereocenters. The lowest BCUT2D eigenvalue weighted by atomic mass is 9.96. The van der Waals surface area contributed by atoms with Gasteiger partial charge in [0.1, 0.15) is 11.5 Å². The zero-order valence-corrected chi connectivity index (χ0v) is 15.3. The average Bonchev–Trinajstić information content (AvgIpc) is 2.66. The van der Waals surface area contributed by atoms with Crippen molar-refractivity contribution in [2.75, 3.05) is 24.7 Å². The first-order valence-corrected chi connectivity index (χ1v) is 10.5. The number of ketones is 2. The minimum atomic E-state index is -3.65. The number of carbonyl (C=O) groups excluding carboxylic acids is 2. The minimum absolute atomic E-state index is 0.0209. The Kier molecular flexibility index (Phi) is 4.47. The second-order valence-electron chi connectivity index (χ2n) is 6.81. The minimum Gasteiger partial charge on any atom is -0.492 e. The zero-order chi connectivity index (χ0) is 19.0. The molecular formula is C20H18O6S. The molecule has 2 unspecified atom stereocenters. The summed E-state index contributed by atoms with van der Waals surface area (Å²) in [6.45, 7) is 0.0417. The van der Waals surface area contributed by atoms with Gasteiger partial charge in [0.25, 0.3) is 0 Å². The third kappa shape index (κ3) is 3.47. The Labute approximate surface area is 157 Å². The van der Waals surface area contributed by atoms with Crippen LogP contribution in [0, 0.1) is 11.8 Å². The van der Waals surface area contributed by atoms with E-state index in [0.29, 0.717) is 22.6 Å². The van der Waals surface area contributed by atoms with E-state index in [1.165, 1.54) is 0 Å². The Hall–Kier alpha value is -2.67. The maximum Gasteiger partial charge on any atom is 0.174 e. The summed E-state index contributed by atoms with van der Waals surface area (Å²) in [6.07, 6.45) is 0. The van der Waals surface area contributed by atoms with Crippen LogP contribution in [0.5, 0.6) is 11.5 Å². The van der Waals surface area contributed by atoms with Crippen LogP contribution >= 0.6 is 0 Å². The fourth-order valence-corrected chi connectivity index (χ4v) is 5.35. The van der Waals surface area contributed by atoms with Gasteiger partial charge in [-0.2, -0.15) is 0 Å². The number of hydrogen-bond acceptors (Lipinski definition) is 6. The summed E-state index contributed by atoms with van der Waals surface area (Å²) < 4.78 is 36.4. The van der Waals surface area contributed by atoms with Crippen molar-refractivity contribution in [2.24, 2.45) is 11.8 Å². The van der Waals surface area contributed by atoms with Crippen molar-refractivity contribution >= 4 is 21.4 Å². The first-order chi connectivity index (χ1) is 12.9. The van der Waals surface area contributed by atoms with Gasteiger partial charge in [0.05, 0.1) is 47.7 Å². The van der Waals surface area contributed by atoms with Crippen molar-refractivity contribution in [3.8, 4) is 11.5 Å². The lowest BCUT2D eigenvalue weighted by Gasteiger charge is -2.26. The monoisotopic (exact) mass is 386 g/mol. The fourth-order valence-electron chi connectivity index (χ4n) is 3.49. The lowest BCUT2D eigenvalue weighted by molar-refractivity contribution is 0.0850. The summed E-state index contributed by atoms with van der Waals surface area (Å²) in [5.74, 6) is -1.74. The highest BCUT2D eigenvalue weighted by Crippen LogP contribution is 2.30. The molecule has 2 aliphatic heterocycles. The van der Waals surface area contributed by atoms with Crippen molar-refractivity contribution in [3.05, 3.63) is 59.7 Å². The Balaban J connectivity index is 1.47. The van der Waals surface area contributed by atoms with E-state index in [9.17, 15) is 18.0 Å². The fraction of sp³-hybridized carbons (Fsp3) is 0.300. The Bertz CT molecular complexity index is 935. The molecule has 0 saturated carbocycles. The number of fused-ring (bicyclic) bond motifs is 2. The van der Waals surface area contributed by atoms with Crippen LogP contribution < -0.4 is 9.47 Å². The molecule has 2 heterocycles. The van der Waals surface area contributed by atoms with Gasteiger partial charge in [-0.1, -0.05) is 24.3 Å². The molecule has 0 fully saturated rings. The van der Waals surface area contributed by atoms with E-state index in [1.807, 2.05) is 0 Å². The number of hydrogen-bond donors (Lipinski definition) is 0. The first-order valence-electron chi connectivity index (χ1n) is 8.67. The standard InChI is InChI=1S/C20H18O6S/c21-19-13(9-25-17-7-3-1-5-15(17)19)11-27(23,24)12-14-10-26-18-8-4-2-6-16(18)20(14)22/h1-8,13-14H,9-12H2. The summed E-state index contributed by atoms with van der Waals surface area (Å²) >= 11 is 0. The van der Waals surface area contributed by atoms with Crippen LogP contribution in [0.15, 0.2) is 48.5 Å². The number of Topliss-reactive ketones (excluding diaryl/α,β-unsaturated/α-hetero) is 2. The average molecular weight is 386 g/mol. The van der Waals surface area contributed by atoms with Gasteiger partial charge >= 0.3 is 0 Å². The van der Waals surface area contributed by atoms with E-state index in [-0.39, 0.29) is 36.3 Å². The van der Waals surface area contributed by atoms with Crippen LogP contribution in [0.2, 0.25) is 0 Å². The van der Waals surface area contributed by atoms with Gasteiger partial charge < -0.3 is 9.47 Å². The Morgan fingerprint density at radius 2 is 1.15 bits per heavy atom. The van der Waals surface area contributed by atoms with Crippen LogP contribution in [0.25, 0.3) is 0 Å². The van der Waals surface area contributed by atoms with E-state index in [0.717, 1.165) is 0 Å². The SMILES string of the molecule is O=C1c2ccccc2OCC1CS(=O)(=O)CC1COc2ccccc2C1=O. The van der Waals surface area contributed by atoms with Crippen molar-refractivity contribution in [3.63, 3.8) is 0 Å². The maximum atomic E-state index is 12.7. The molecule has 0 amide bonds. The van der Waals surface area contributed by atoms with Crippen LogP contribution in [0.4, 0.5) is 0 Å². The number of rotatable bonds is 4. The van der Waals surface area contributed by atoms with Gasteiger partial charge in [0, 0.05) is 0 Å². The third-order valence-electron chi connectivity index (χ3n) is 4.84. The molecule has 0 aliphatic carbocycles. The van der Waals surface area contributed by atoms with Gasteiger partial charge in [0.2, 0.25) is 0 Å². The molecule has 0 bridgehead atoms. The predicted molar refractivity (Wildman–Crippen MR) is 98.2 cm³/mol. The van der Waals surface area contributed by atoms with E-state index in [2.05, 4.69) is 0 Å². The summed E-state index contributed by atoms with van der Waals surface area (Å²) in [7, 11) is -3.65. The molecular weight excluding hydrogens is 368 g/mol. The highest BCUT2D eigenvalue weighted by molar-refractivity contribution is 7.91. The molecule has 140 valence electrons. The Morgan fingerprint density at radius 1 is 0.741 bits per heavy atom. The molecule has 0 saturated heterocycles. The Morgan fingerprint density at radius 3 is 1.59 bits per heavy atom. The topological polar surface area (TPSA) is 86.7 Å². The molecule has 27 heavy (non-hydrogen) atoms. The number of carbonyl (C=O) groups is 2. The summed E-state index contributed by atoms with van der Waals surface area (Å²) in [4.78, 5) is 25.2. The smallest absolute Gasteiger partial charge is 0.174 e. The second kappa shape index (κ2) is 6.81. The summed E-state index contributed by atoms with van der Waals surface area (Å²) in [6, 6.07) is 13.6. The van der Waals surface area contributed by atoms with Gasteiger partial charge in [-0.15, -0.1) is 0 Å². The number of sulfone groups is 1. The van der Waals surface area contributed by atoms with Crippen molar-refractivity contribution in [2.45, 2.75) is 0 Å². The molecule has 7 heteroatoms. The molecule has 2 aliphatic rings. The molecule has 0 radical (unpaired) electrons. The molecule has 4 rings (SSSR count). The van der Waals surface area contributed by atoms with Crippen molar-refractivity contribution in [1.29, 1.82) is 0 Å². The van der Waals surface area contributed by atoms with Crippen LogP contribution in [-0.4, -0.2) is 44.7 Å². The van der Waals surface area contributed by atoms with Crippen LogP contribution in [0.1, 0.15) is 20.7 Å². The van der Waals surface area contributed by atoms with Gasteiger partial charge in [-0.3, -0.25) is 9.59 Å². The van der Waals surface area contributed by atoms with E-state index >= 15 is 0 Å². The lowest BCUT2D eigenvalue weighted by Crippen LogP contribution is -2.38. The normalized spacial score (nSPS) is 21.6. The molecule has 0 spiro atoms. The molecule has 6 nitrogen and oxygen atoms in total. The first kappa shape index (κ1) is 17.7. The molecule has 2 aromatic carbocycles. The number of para-hydroxylation sites is 2. The molecule has 0 aromatic heterocycles. The largest absolute Gasteiger partial charge is 0.492 e. The predicted octanol–water partition coefficient (Wildman–Crippen LogP) is 2.18. The summed E-state index contributed by atoms with van der Waals surface area (Å²) in [5.41, 5.74) is 0.796. The van der Waals surface area contributed by atoms with E-state index < -0.39 is 21.7 Å².